The lowest BCUT2D eigenvalue weighted by molar-refractivity contribution is -0.115. The molecule has 2 heterocycles. The van der Waals surface area contributed by atoms with Gasteiger partial charge in [-0.05, 0) is 61.2 Å². The van der Waals surface area contributed by atoms with Crippen molar-refractivity contribution < 1.29 is 4.79 Å². The summed E-state index contributed by atoms with van der Waals surface area (Å²) in [6.07, 6.45) is 1.87. The Balaban J connectivity index is 1.84. The molecule has 1 N–H and O–H groups in total. The maximum Gasteiger partial charge on any atom is 0.264 e. The van der Waals surface area contributed by atoms with Gasteiger partial charge in [0.2, 0.25) is 0 Å². The number of amides is 1. The molecule has 6 heteroatoms. The van der Waals surface area contributed by atoms with Crippen LogP contribution >= 0.6 is 23.4 Å². The highest BCUT2D eigenvalue weighted by Crippen LogP contribution is 2.28. The molecule has 3 rings (SSSR count). The Morgan fingerprint density at radius 3 is 2.59 bits per heavy atom. The van der Waals surface area contributed by atoms with Crippen molar-refractivity contribution in [1.29, 1.82) is 0 Å². The molecule has 1 aromatic carbocycles. The van der Waals surface area contributed by atoms with Gasteiger partial charge in [-0.1, -0.05) is 11.6 Å². The molecule has 22 heavy (non-hydrogen) atoms. The van der Waals surface area contributed by atoms with Gasteiger partial charge < -0.3 is 9.88 Å². The van der Waals surface area contributed by atoms with Gasteiger partial charge in [-0.25, -0.2) is 4.99 Å². The zero-order valence-corrected chi connectivity index (χ0v) is 13.7. The highest BCUT2D eigenvalue weighted by atomic mass is 35.5. The minimum Gasteiger partial charge on any atom is -0.348 e. The van der Waals surface area contributed by atoms with E-state index in [2.05, 4.69) is 10.3 Å². The van der Waals surface area contributed by atoms with Gasteiger partial charge in [0.05, 0.1) is 10.6 Å². The predicted molar refractivity (Wildman–Crippen MR) is 92.4 cm³/mol. The van der Waals surface area contributed by atoms with Gasteiger partial charge in [0, 0.05) is 23.5 Å². The molecule has 1 aliphatic rings. The van der Waals surface area contributed by atoms with Crippen LogP contribution in [0.2, 0.25) is 5.02 Å². The molecule has 0 aliphatic carbocycles. The summed E-state index contributed by atoms with van der Waals surface area (Å²) in [5.41, 5.74) is 2.89. The molecule has 1 saturated heterocycles. The summed E-state index contributed by atoms with van der Waals surface area (Å²) in [5.74, 6) is -0.128. The molecule has 112 valence electrons. The number of thioether (sulfide) groups is 1. The first-order valence-electron chi connectivity index (χ1n) is 6.70. The molecule has 0 radical (unpaired) electrons. The molecule has 1 aliphatic heterocycles. The van der Waals surface area contributed by atoms with Crippen molar-refractivity contribution in [1.82, 2.24) is 9.88 Å². The van der Waals surface area contributed by atoms with E-state index < -0.39 is 0 Å². The number of aryl methyl sites for hydroxylation is 1. The Bertz CT molecular complexity index is 790. The van der Waals surface area contributed by atoms with Crippen LogP contribution in [0.25, 0.3) is 6.08 Å². The van der Waals surface area contributed by atoms with Crippen LogP contribution in [-0.2, 0) is 11.8 Å². The molecule has 4 nitrogen and oxygen atoms in total. The Labute approximate surface area is 137 Å². The Morgan fingerprint density at radius 2 is 1.95 bits per heavy atom. The Morgan fingerprint density at radius 1 is 1.23 bits per heavy atom. The third-order valence-electron chi connectivity index (χ3n) is 3.40. The van der Waals surface area contributed by atoms with Gasteiger partial charge in [0.15, 0.2) is 5.17 Å². The third kappa shape index (κ3) is 3.10. The maximum atomic E-state index is 12.0. The molecule has 2 aromatic rings. The van der Waals surface area contributed by atoms with E-state index >= 15 is 0 Å². The number of nitrogens with one attached hydrogen (secondary N) is 1. The molecule has 1 fully saturated rings. The predicted octanol–water partition coefficient (Wildman–Crippen LogP) is 3.88. The standard InChI is InChI=1S/C16H14ClN3OS/c1-10-3-8-13(20(10)2)9-14-15(21)19-16(22-14)18-12-6-4-11(17)5-7-12/h3-9H,1-2H3,(H,18,19,21)/b14-9-. The summed E-state index contributed by atoms with van der Waals surface area (Å²) in [6, 6.07) is 11.2. The number of aromatic nitrogens is 1. The van der Waals surface area contributed by atoms with Crippen molar-refractivity contribution in [3.05, 3.63) is 57.7 Å². The number of halogens is 1. The molecule has 0 saturated carbocycles. The molecule has 1 aromatic heterocycles. The number of aliphatic imine (C=N–C) groups is 1. The highest BCUT2D eigenvalue weighted by molar-refractivity contribution is 8.18. The van der Waals surface area contributed by atoms with E-state index in [1.54, 1.807) is 12.1 Å². The van der Waals surface area contributed by atoms with Crippen molar-refractivity contribution in [3.63, 3.8) is 0 Å². The molecular formula is C16H14ClN3OS. The number of amidine groups is 1. The fraction of sp³-hybridized carbons (Fsp3) is 0.125. The van der Waals surface area contributed by atoms with Crippen molar-refractivity contribution >= 4 is 46.2 Å². The van der Waals surface area contributed by atoms with Gasteiger partial charge in [-0.15, -0.1) is 0 Å². The second kappa shape index (κ2) is 6.02. The second-order valence-electron chi connectivity index (χ2n) is 4.92. The molecule has 1 amide bonds. The fourth-order valence-electron chi connectivity index (χ4n) is 2.03. The number of rotatable bonds is 2. The number of hydrogen-bond acceptors (Lipinski definition) is 3. The average molecular weight is 332 g/mol. The first kappa shape index (κ1) is 14.9. The largest absolute Gasteiger partial charge is 0.348 e. The van der Waals surface area contributed by atoms with E-state index in [0.717, 1.165) is 17.1 Å². The van der Waals surface area contributed by atoms with E-state index in [1.165, 1.54) is 11.8 Å². The lowest BCUT2D eigenvalue weighted by Crippen LogP contribution is -2.19. The van der Waals surface area contributed by atoms with Gasteiger partial charge in [-0.2, -0.15) is 0 Å². The number of benzene rings is 1. The SMILES string of the molecule is Cc1ccc(/C=C2\SC(=Nc3ccc(Cl)cc3)NC2=O)n1C. The normalized spacial score (nSPS) is 18.2. The van der Waals surface area contributed by atoms with Crippen molar-refractivity contribution in [2.24, 2.45) is 12.0 Å². The van der Waals surface area contributed by atoms with Crippen LogP contribution in [0, 0.1) is 6.92 Å². The van der Waals surface area contributed by atoms with Crippen LogP contribution < -0.4 is 5.32 Å². The summed E-state index contributed by atoms with van der Waals surface area (Å²) in [4.78, 5) is 17.1. The summed E-state index contributed by atoms with van der Waals surface area (Å²) in [6.45, 7) is 2.03. The van der Waals surface area contributed by atoms with E-state index in [9.17, 15) is 4.79 Å². The highest BCUT2D eigenvalue weighted by Gasteiger charge is 2.24. The van der Waals surface area contributed by atoms with Crippen molar-refractivity contribution in [3.8, 4) is 0 Å². The van der Waals surface area contributed by atoms with Crippen LogP contribution in [0.5, 0.6) is 0 Å². The minimum atomic E-state index is -0.128. The summed E-state index contributed by atoms with van der Waals surface area (Å²) < 4.78 is 2.04. The van der Waals surface area contributed by atoms with Crippen LogP contribution in [0.4, 0.5) is 5.69 Å². The Hall–Kier alpha value is -1.98. The van der Waals surface area contributed by atoms with E-state index in [0.29, 0.717) is 15.1 Å². The van der Waals surface area contributed by atoms with E-state index in [1.807, 2.05) is 48.9 Å². The number of carbonyl (C=O) groups is 1. The summed E-state index contributed by atoms with van der Waals surface area (Å²) >= 11 is 7.18. The third-order valence-corrected chi connectivity index (χ3v) is 4.56. The zero-order chi connectivity index (χ0) is 15.7. The second-order valence-corrected chi connectivity index (χ2v) is 6.38. The molecule has 0 bridgehead atoms. The van der Waals surface area contributed by atoms with Crippen LogP contribution in [0.1, 0.15) is 11.4 Å². The summed E-state index contributed by atoms with van der Waals surface area (Å²) in [7, 11) is 1.97. The smallest absolute Gasteiger partial charge is 0.264 e. The topological polar surface area (TPSA) is 46.4 Å². The lowest BCUT2D eigenvalue weighted by atomic mass is 10.3. The van der Waals surface area contributed by atoms with Gasteiger partial charge in [-0.3, -0.25) is 4.79 Å². The van der Waals surface area contributed by atoms with Gasteiger partial charge in [0.1, 0.15) is 0 Å². The fourth-order valence-corrected chi connectivity index (χ4v) is 2.98. The van der Waals surface area contributed by atoms with Crippen molar-refractivity contribution in [2.45, 2.75) is 6.92 Å². The average Bonchev–Trinajstić information content (AvgIpc) is 2.99. The zero-order valence-electron chi connectivity index (χ0n) is 12.1. The van der Waals surface area contributed by atoms with E-state index in [-0.39, 0.29) is 5.91 Å². The van der Waals surface area contributed by atoms with Gasteiger partial charge >= 0.3 is 0 Å². The molecular weight excluding hydrogens is 318 g/mol. The first-order valence-corrected chi connectivity index (χ1v) is 7.90. The molecule has 0 unspecified atom stereocenters. The first-order chi connectivity index (χ1) is 10.5. The minimum absolute atomic E-state index is 0.128. The lowest BCUT2D eigenvalue weighted by Gasteiger charge is -2.00. The molecule has 0 spiro atoms. The number of hydrogen-bond donors (Lipinski definition) is 1. The summed E-state index contributed by atoms with van der Waals surface area (Å²) in [5, 5.41) is 4.01. The molecule has 0 atom stereocenters. The van der Waals surface area contributed by atoms with E-state index in [4.69, 9.17) is 11.6 Å². The van der Waals surface area contributed by atoms with Crippen molar-refractivity contribution in [2.75, 3.05) is 0 Å². The van der Waals surface area contributed by atoms with Crippen LogP contribution in [0.3, 0.4) is 0 Å². The number of carbonyl (C=O) groups excluding carboxylic acids is 1. The van der Waals surface area contributed by atoms with Gasteiger partial charge in [0.25, 0.3) is 5.91 Å². The van der Waals surface area contributed by atoms with Crippen LogP contribution in [0.15, 0.2) is 46.3 Å². The monoisotopic (exact) mass is 331 g/mol. The number of nitrogens with zero attached hydrogens (tertiary/aromatic N) is 2. The Kier molecular flexibility index (Phi) is 4.09. The quantitative estimate of drug-likeness (QED) is 0.849. The van der Waals surface area contributed by atoms with Crippen LogP contribution in [-0.4, -0.2) is 15.6 Å². The maximum absolute atomic E-state index is 12.0.